The quantitative estimate of drug-likeness (QED) is 0.0204. The van der Waals surface area contributed by atoms with Crippen LogP contribution in [0.15, 0.2) is 48.6 Å². The van der Waals surface area contributed by atoms with Crippen molar-refractivity contribution in [2.45, 2.75) is 434 Å². The molecule has 2 aliphatic heterocycles. The van der Waals surface area contributed by atoms with Crippen molar-refractivity contribution in [2.75, 3.05) is 19.8 Å². The number of aliphatic hydroxyl groups is 8. The normalized spacial score (nSPS) is 22.7. The molecule has 0 spiro atoms. The summed E-state index contributed by atoms with van der Waals surface area (Å²) in [6.45, 7) is 2.81. The summed E-state index contributed by atoms with van der Waals surface area (Å²) in [7, 11) is 0. The third kappa shape index (κ3) is 47.1. The van der Waals surface area contributed by atoms with Gasteiger partial charge in [-0.15, -0.1) is 0 Å². The number of nitrogens with one attached hydrogen (secondary N) is 1. The second kappa shape index (κ2) is 64.3. The number of aliphatic hydroxyl groups excluding tert-OH is 8. The lowest BCUT2D eigenvalue weighted by molar-refractivity contribution is -0.359. The molecular formula is C80H149NO13. The van der Waals surface area contributed by atoms with Crippen molar-refractivity contribution < 1.29 is 64.6 Å². The van der Waals surface area contributed by atoms with Crippen molar-refractivity contribution in [2.24, 2.45) is 0 Å². The molecule has 552 valence electrons. The van der Waals surface area contributed by atoms with Crippen LogP contribution in [0.2, 0.25) is 0 Å². The molecule has 1 amide bonds. The van der Waals surface area contributed by atoms with Crippen LogP contribution in [0.3, 0.4) is 0 Å². The van der Waals surface area contributed by atoms with E-state index in [9.17, 15) is 45.6 Å². The molecule has 0 bridgehead atoms. The van der Waals surface area contributed by atoms with Gasteiger partial charge in [0.25, 0.3) is 0 Å². The molecule has 2 heterocycles. The van der Waals surface area contributed by atoms with Gasteiger partial charge in [0.2, 0.25) is 5.91 Å². The molecule has 0 aliphatic carbocycles. The topological polar surface area (TPSA) is 228 Å². The molecule has 14 heteroatoms. The Morgan fingerprint density at radius 1 is 0.394 bits per heavy atom. The molecule has 12 atom stereocenters. The summed E-state index contributed by atoms with van der Waals surface area (Å²) in [6.07, 6.45) is 68.6. The van der Waals surface area contributed by atoms with Crippen molar-refractivity contribution in [3.63, 3.8) is 0 Å². The number of ether oxygens (including phenoxy) is 4. The predicted molar refractivity (Wildman–Crippen MR) is 388 cm³/mol. The number of hydrogen-bond donors (Lipinski definition) is 9. The molecule has 2 aliphatic rings. The molecule has 0 aromatic heterocycles. The van der Waals surface area contributed by atoms with E-state index < -0.39 is 86.8 Å². The van der Waals surface area contributed by atoms with Gasteiger partial charge < -0.3 is 65.1 Å². The van der Waals surface area contributed by atoms with Gasteiger partial charge >= 0.3 is 0 Å². The number of hydrogen-bond acceptors (Lipinski definition) is 13. The minimum atomic E-state index is -1.78. The van der Waals surface area contributed by atoms with Crippen molar-refractivity contribution in [1.29, 1.82) is 0 Å². The number of carbonyl (C=O) groups excluding carboxylic acids is 1. The lowest BCUT2D eigenvalue weighted by Crippen LogP contribution is -2.65. The number of allylic oxidation sites excluding steroid dienone is 8. The third-order valence-electron chi connectivity index (χ3n) is 19.6. The average molecular weight is 1330 g/mol. The zero-order valence-corrected chi connectivity index (χ0v) is 60.5. The van der Waals surface area contributed by atoms with Crippen LogP contribution in [0.5, 0.6) is 0 Å². The third-order valence-corrected chi connectivity index (χ3v) is 19.6. The maximum Gasteiger partial charge on any atom is 0.220 e. The second-order valence-electron chi connectivity index (χ2n) is 28.2. The van der Waals surface area contributed by atoms with Gasteiger partial charge in [0.1, 0.15) is 48.8 Å². The van der Waals surface area contributed by atoms with Gasteiger partial charge in [-0.3, -0.25) is 4.79 Å². The molecule has 0 radical (unpaired) electrons. The molecule has 9 N–H and O–H groups in total. The standard InChI is InChI=1S/C80H149NO13/c1-3-5-7-9-11-13-15-17-19-21-23-25-27-29-31-32-33-34-35-36-38-40-42-44-46-48-50-52-54-56-58-60-62-64-72(85)81-68(67-91-79-77(90)75(88)78(71(66-83)93-79)94-80-76(89)74(87)73(86)70(65-82)92-80)69(84)63-61-59-57-55-53-51-49-47-45-43-41-39-37-30-28-26-24-22-20-18-16-14-12-10-8-6-4-2/h5,7,11,13,17,19,23,25,68-71,73-80,82-84,86-90H,3-4,6,8-10,12,14-16,18,20-22,24,26-67H2,1-2H3,(H,81,85)/b7-5-,13-11-,19-17-,25-23-. The first-order valence-corrected chi connectivity index (χ1v) is 39.9. The monoisotopic (exact) mass is 1330 g/mol. The Morgan fingerprint density at radius 3 is 1.13 bits per heavy atom. The predicted octanol–water partition coefficient (Wildman–Crippen LogP) is 17.8. The maximum atomic E-state index is 13.4. The molecule has 14 nitrogen and oxygen atoms in total. The summed E-state index contributed by atoms with van der Waals surface area (Å²) < 4.78 is 23.0. The van der Waals surface area contributed by atoms with E-state index in [1.165, 1.54) is 257 Å². The SMILES string of the molecule is CC/C=C\C/C=C\C/C=C\C/C=C\CCCCCCCCCCCCCCCCCCCCCCC(=O)NC(COC1OC(CO)C(OC2OC(CO)C(O)C(O)C2O)C(O)C1O)C(O)CCCCCCCCCCCCCCCCCCCCCCCCCCCCC. The molecule has 0 aromatic carbocycles. The summed E-state index contributed by atoms with van der Waals surface area (Å²) in [4.78, 5) is 13.4. The van der Waals surface area contributed by atoms with E-state index in [1.807, 2.05) is 0 Å². The van der Waals surface area contributed by atoms with Gasteiger partial charge in [0.05, 0.1) is 32.0 Å². The van der Waals surface area contributed by atoms with E-state index in [1.54, 1.807) is 0 Å². The molecule has 2 fully saturated rings. The highest BCUT2D eigenvalue weighted by Crippen LogP contribution is 2.30. The molecule has 94 heavy (non-hydrogen) atoms. The number of rotatable bonds is 67. The Labute approximate surface area is 575 Å². The molecule has 12 unspecified atom stereocenters. The van der Waals surface area contributed by atoms with Crippen LogP contribution < -0.4 is 5.32 Å². The lowest BCUT2D eigenvalue weighted by Gasteiger charge is -2.46. The second-order valence-corrected chi connectivity index (χ2v) is 28.2. The molecule has 0 aromatic rings. The highest BCUT2D eigenvalue weighted by molar-refractivity contribution is 5.76. The van der Waals surface area contributed by atoms with Gasteiger partial charge in [0, 0.05) is 6.42 Å². The van der Waals surface area contributed by atoms with Crippen molar-refractivity contribution in [1.82, 2.24) is 5.32 Å². The van der Waals surface area contributed by atoms with Crippen LogP contribution >= 0.6 is 0 Å². The van der Waals surface area contributed by atoms with E-state index in [0.29, 0.717) is 12.8 Å². The highest BCUT2D eigenvalue weighted by atomic mass is 16.7. The fourth-order valence-electron chi connectivity index (χ4n) is 13.3. The van der Waals surface area contributed by atoms with Gasteiger partial charge in [-0.25, -0.2) is 0 Å². The van der Waals surface area contributed by atoms with Gasteiger partial charge in [-0.05, 0) is 51.4 Å². The van der Waals surface area contributed by atoms with E-state index in [0.717, 1.165) is 77.0 Å². The highest BCUT2D eigenvalue weighted by Gasteiger charge is 2.51. The Balaban J connectivity index is 1.60. The van der Waals surface area contributed by atoms with Gasteiger partial charge in [0.15, 0.2) is 12.6 Å². The zero-order chi connectivity index (χ0) is 68.0. The van der Waals surface area contributed by atoms with E-state index >= 15 is 0 Å². The molecule has 2 saturated heterocycles. The Kier molecular flexibility index (Phi) is 60.3. The van der Waals surface area contributed by atoms with Crippen LogP contribution in [0, 0.1) is 0 Å². The van der Waals surface area contributed by atoms with Crippen molar-refractivity contribution in [3.05, 3.63) is 48.6 Å². The van der Waals surface area contributed by atoms with Gasteiger partial charge in [-0.1, -0.05) is 351 Å². The van der Waals surface area contributed by atoms with Crippen LogP contribution in [-0.2, 0) is 23.7 Å². The van der Waals surface area contributed by atoms with Gasteiger partial charge in [-0.2, -0.15) is 0 Å². The van der Waals surface area contributed by atoms with E-state index in [-0.39, 0.29) is 12.5 Å². The molecular weight excluding hydrogens is 1180 g/mol. The van der Waals surface area contributed by atoms with E-state index in [4.69, 9.17) is 18.9 Å². The van der Waals surface area contributed by atoms with Crippen molar-refractivity contribution in [3.8, 4) is 0 Å². The molecule has 0 saturated carbocycles. The number of unbranched alkanes of at least 4 members (excludes halogenated alkanes) is 46. The summed E-state index contributed by atoms with van der Waals surface area (Å²) in [5, 5.41) is 87.9. The maximum absolute atomic E-state index is 13.4. The fraction of sp³-hybridized carbons (Fsp3) is 0.887. The Bertz CT molecular complexity index is 1760. The summed E-state index contributed by atoms with van der Waals surface area (Å²) in [6, 6.07) is -0.830. The minimum absolute atomic E-state index is 0.199. The Hall–Kier alpha value is -2.05. The summed E-state index contributed by atoms with van der Waals surface area (Å²) in [5.41, 5.74) is 0. The minimum Gasteiger partial charge on any atom is -0.394 e. The summed E-state index contributed by atoms with van der Waals surface area (Å²) in [5.74, 6) is -0.199. The fourth-order valence-corrected chi connectivity index (χ4v) is 13.3. The van der Waals surface area contributed by atoms with Crippen LogP contribution in [0.25, 0.3) is 0 Å². The zero-order valence-electron chi connectivity index (χ0n) is 60.5. The smallest absolute Gasteiger partial charge is 0.220 e. The molecule has 2 rings (SSSR count). The Morgan fingerprint density at radius 2 is 0.734 bits per heavy atom. The first kappa shape index (κ1) is 88.0. The lowest BCUT2D eigenvalue weighted by atomic mass is 9.97. The first-order chi connectivity index (χ1) is 46.1. The average Bonchev–Trinajstić information content (AvgIpc) is 0.794. The van der Waals surface area contributed by atoms with Crippen LogP contribution in [-0.4, -0.2) is 140 Å². The number of carbonyl (C=O) groups is 1. The van der Waals surface area contributed by atoms with E-state index in [2.05, 4.69) is 67.8 Å². The number of amides is 1. The first-order valence-electron chi connectivity index (χ1n) is 39.9. The largest absolute Gasteiger partial charge is 0.394 e. The summed E-state index contributed by atoms with van der Waals surface area (Å²) >= 11 is 0. The van der Waals surface area contributed by atoms with Crippen LogP contribution in [0.4, 0.5) is 0 Å². The van der Waals surface area contributed by atoms with Crippen LogP contribution in [0.1, 0.15) is 361 Å². The van der Waals surface area contributed by atoms with Crippen molar-refractivity contribution >= 4 is 5.91 Å².